The summed E-state index contributed by atoms with van der Waals surface area (Å²) in [5, 5.41) is 0. The topological polar surface area (TPSA) is 3.24 Å². The summed E-state index contributed by atoms with van der Waals surface area (Å²) in [5.41, 5.74) is 0.363. The maximum Gasteiger partial charge on any atom is 0.416 e. The minimum absolute atomic E-state index is 0.263. The lowest BCUT2D eigenvalue weighted by Gasteiger charge is -2.28. The lowest BCUT2D eigenvalue weighted by atomic mass is 9.99. The minimum Gasteiger partial charge on any atom is -0.370 e. The van der Waals surface area contributed by atoms with Gasteiger partial charge in [0, 0.05) is 24.8 Å². The van der Waals surface area contributed by atoms with E-state index in [4.69, 9.17) is 0 Å². The Hall–Kier alpha value is -1.45. The van der Waals surface area contributed by atoms with Crippen molar-refractivity contribution in [3.8, 4) is 0 Å². The fourth-order valence-electron chi connectivity index (χ4n) is 1.74. The Kier molecular flexibility index (Phi) is 2.21. The first-order chi connectivity index (χ1) is 7.00. The Morgan fingerprint density at radius 2 is 1.87 bits per heavy atom. The van der Waals surface area contributed by atoms with E-state index in [9.17, 15) is 13.2 Å². The first-order valence-electron chi connectivity index (χ1n) is 4.58. The molecule has 0 aliphatic carbocycles. The minimum atomic E-state index is -4.27. The van der Waals surface area contributed by atoms with E-state index in [2.05, 4.69) is 0 Å². The van der Waals surface area contributed by atoms with Gasteiger partial charge in [0.1, 0.15) is 0 Å². The zero-order valence-electron chi connectivity index (χ0n) is 8.17. The Balaban J connectivity index is 2.55. The van der Waals surface area contributed by atoms with Crippen LogP contribution in [0.5, 0.6) is 0 Å². The van der Waals surface area contributed by atoms with Gasteiger partial charge < -0.3 is 4.90 Å². The standard InChI is InChI=1S/C11H10F3N/c1-15-7-6-9(11(12,13)14)8-4-2-3-5-10(8)15/h2-6H,7H2,1H3. The van der Waals surface area contributed by atoms with Gasteiger partial charge >= 0.3 is 6.18 Å². The van der Waals surface area contributed by atoms with E-state index < -0.39 is 11.7 Å². The maximum absolute atomic E-state index is 12.7. The van der Waals surface area contributed by atoms with E-state index >= 15 is 0 Å². The molecule has 1 aliphatic heterocycles. The largest absolute Gasteiger partial charge is 0.416 e. The molecule has 0 fully saturated rings. The third kappa shape index (κ3) is 1.71. The summed E-state index contributed by atoms with van der Waals surface area (Å²) in [6.07, 6.45) is -3.04. The monoisotopic (exact) mass is 213 g/mol. The molecule has 1 aromatic carbocycles. The molecule has 0 unspecified atom stereocenters. The number of halogens is 3. The molecule has 0 atom stereocenters. The average molecular weight is 213 g/mol. The highest BCUT2D eigenvalue weighted by Crippen LogP contribution is 2.40. The molecule has 0 spiro atoms. The molecular formula is C11H10F3N. The summed E-state index contributed by atoms with van der Waals surface area (Å²) in [7, 11) is 1.78. The van der Waals surface area contributed by atoms with Crippen LogP contribution in [0.15, 0.2) is 30.3 Å². The van der Waals surface area contributed by atoms with E-state index in [1.165, 1.54) is 12.1 Å². The Bertz CT molecular complexity index is 407. The van der Waals surface area contributed by atoms with Crippen molar-refractivity contribution < 1.29 is 13.2 Å². The number of fused-ring (bicyclic) bond motifs is 1. The maximum atomic E-state index is 12.7. The Labute approximate surface area is 85.8 Å². The van der Waals surface area contributed by atoms with Crippen molar-refractivity contribution in [2.75, 3.05) is 18.5 Å². The highest BCUT2D eigenvalue weighted by Gasteiger charge is 2.37. The van der Waals surface area contributed by atoms with Crippen LogP contribution in [0.1, 0.15) is 5.56 Å². The van der Waals surface area contributed by atoms with E-state index in [0.717, 1.165) is 0 Å². The smallest absolute Gasteiger partial charge is 0.370 e. The van der Waals surface area contributed by atoms with Gasteiger partial charge in [-0.3, -0.25) is 0 Å². The molecule has 0 saturated carbocycles. The van der Waals surface area contributed by atoms with Crippen molar-refractivity contribution >= 4 is 11.3 Å². The summed E-state index contributed by atoms with van der Waals surface area (Å²) >= 11 is 0. The number of alkyl halides is 3. The lowest BCUT2D eigenvalue weighted by molar-refractivity contribution is -0.0691. The van der Waals surface area contributed by atoms with Crippen molar-refractivity contribution in [2.24, 2.45) is 0 Å². The quantitative estimate of drug-likeness (QED) is 0.640. The molecule has 0 radical (unpaired) electrons. The number of rotatable bonds is 0. The molecule has 1 heterocycles. The number of allylic oxidation sites excluding steroid dienone is 1. The van der Waals surface area contributed by atoms with Crippen molar-refractivity contribution in [3.63, 3.8) is 0 Å². The molecule has 1 aromatic rings. The summed E-state index contributed by atoms with van der Waals surface area (Å²) in [6, 6.07) is 6.57. The number of benzene rings is 1. The van der Waals surface area contributed by atoms with Crippen LogP contribution in [0, 0.1) is 0 Å². The van der Waals surface area contributed by atoms with Gasteiger partial charge in [0.2, 0.25) is 0 Å². The van der Waals surface area contributed by atoms with Crippen LogP contribution >= 0.6 is 0 Å². The fraction of sp³-hybridized carbons (Fsp3) is 0.273. The predicted molar refractivity (Wildman–Crippen MR) is 53.7 cm³/mol. The number of nitrogens with zero attached hydrogens (tertiary/aromatic N) is 1. The van der Waals surface area contributed by atoms with Gasteiger partial charge in [-0.2, -0.15) is 13.2 Å². The summed E-state index contributed by atoms with van der Waals surface area (Å²) in [6.45, 7) is 0.297. The summed E-state index contributed by atoms with van der Waals surface area (Å²) in [4.78, 5) is 1.80. The van der Waals surface area contributed by atoms with Crippen LogP contribution in [0.4, 0.5) is 18.9 Å². The molecule has 2 rings (SSSR count). The first kappa shape index (κ1) is 10.1. The van der Waals surface area contributed by atoms with Crippen LogP contribution in [0.2, 0.25) is 0 Å². The number of hydrogen-bond donors (Lipinski definition) is 0. The van der Waals surface area contributed by atoms with Crippen molar-refractivity contribution in [3.05, 3.63) is 35.9 Å². The average Bonchev–Trinajstić information content (AvgIpc) is 2.17. The molecule has 0 N–H and O–H groups in total. The van der Waals surface area contributed by atoms with Gasteiger partial charge in [0.05, 0.1) is 5.57 Å². The number of para-hydroxylation sites is 1. The molecule has 4 heteroatoms. The summed E-state index contributed by atoms with van der Waals surface area (Å²) in [5.74, 6) is 0. The highest BCUT2D eigenvalue weighted by molar-refractivity contribution is 5.82. The van der Waals surface area contributed by atoms with Crippen molar-refractivity contribution in [1.82, 2.24) is 0 Å². The molecular weight excluding hydrogens is 203 g/mol. The molecule has 0 amide bonds. The van der Waals surface area contributed by atoms with Crippen LogP contribution in [-0.2, 0) is 0 Å². The molecule has 80 valence electrons. The Morgan fingerprint density at radius 1 is 1.20 bits per heavy atom. The van der Waals surface area contributed by atoms with Gasteiger partial charge in [-0.25, -0.2) is 0 Å². The first-order valence-corrected chi connectivity index (χ1v) is 4.58. The van der Waals surface area contributed by atoms with Gasteiger partial charge in [0.15, 0.2) is 0 Å². The molecule has 0 bridgehead atoms. The highest BCUT2D eigenvalue weighted by atomic mass is 19.4. The SMILES string of the molecule is CN1CC=C(C(F)(F)F)c2ccccc21. The van der Waals surface area contributed by atoms with Crippen LogP contribution in [0.3, 0.4) is 0 Å². The molecule has 1 nitrogen and oxygen atoms in total. The van der Waals surface area contributed by atoms with Gasteiger partial charge in [-0.15, -0.1) is 0 Å². The van der Waals surface area contributed by atoms with E-state index in [1.54, 1.807) is 30.1 Å². The second-order valence-corrected chi connectivity index (χ2v) is 3.51. The van der Waals surface area contributed by atoms with Crippen LogP contribution in [0.25, 0.3) is 5.57 Å². The second-order valence-electron chi connectivity index (χ2n) is 3.51. The Morgan fingerprint density at radius 3 is 2.53 bits per heavy atom. The predicted octanol–water partition coefficient (Wildman–Crippen LogP) is 3.08. The third-order valence-electron chi connectivity index (χ3n) is 2.48. The molecule has 0 saturated heterocycles. The van der Waals surface area contributed by atoms with Gasteiger partial charge in [0.25, 0.3) is 0 Å². The molecule has 0 aromatic heterocycles. The van der Waals surface area contributed by atoms with Gasteiger partial charge in [-0.05, 0) is 6.07 Å². The van der Waals surface area contributed by atoms with Gasteiger partial charge in [-0.1, -0.05) is 24.3 Å². The molecule has 15 heavy (non-hydrogen) atoms. The second kappa shape index (κ2) is 3.29. The van der Waals surface area contributed by atoms with Crippen molar-refractivity contribution in [1.29, 1.82) is 0 Å². The number of likely N-dealkylation sites (N-methyl/N-ethyl adjacent to an activating group) is 1. The normalized spacial score (nSPS) is 16.0. The fourth-order valence-corrected chi connectivity index (χ4v) is 1.74. The van der Waals surface area contributed by atoms with Crippen LogP contribution in [-0.4, -0.2) is 19.8 Å². The number of anilines is 1. The van der Waals surface area contributed by atoms with E-state index in [0.29, 0.717) is 12.2 Å². The zero-order chi connectivity index (χ0) is 11.1. The van der Waals surface area contributed by atoms with Crippen molar-refractivity contribution in [2.45, 2.75) is 6.18 Å². The van der Waals surface area contributed by atoms with E-state index in [-0.39, 0.29) is 5.56 Å². The lowest BCUT2D eigenvalue weighted by Crippen LogP contribution is -2.25. The third-order valence-corrected chi connectivity index (χ3v) is 2.48. The molecule has 1 aliphatic rings. The summed E-state index contributed by atoms with van der Waals surface area (Å²) < 4.78 is 38.0. The van der Waals surface area contributed by atoms with E-state index in [1.807, 2.05) is 0 Å². The number of hydrogen-bond acceptors (Lipinski definition) is 1. The van der Waals surface area contributed by atoms with Crippen LogP contribution < -0.4 is 4.90 Å². The zero-order valence-corrected chi connectivity index (χ0v) is 8.17.